The summed E-state index contributed by atoms with van der Waals surface area (Å²) in [5.41, 5.74) is 3.20. The molecule has 0 heterocycles. The standard InChI is InChI=1S/C17H16O5/c1-19-13-6-9-5-12-11(10(9)7-14(13)20-2)8-15(21-3)17(22-4)16(12)18/h5-8H,1-4H3. The van der Waals surface area contributed by atoms with Crippen LogP contribution in [0.25, 0.3) is 11.6 Å². The van der Waals surface area contributed by atoms with Crippen LogP contribution in [-0.2, 0) is 14.3 Å². The molecule has 1 aromatic rings. The van der Waals surface area contributed by atoms with Gasteiger partial charge in [0.25, 0.3) is 0 Å². The van der Waals surface area contributed by atoms with Crippen LogP contribution in [0.1, 0.15) is 11.1 Å². The molecule has 0 spiro atoms. The topological polar surface area (TPSA) is 54.0 Å². The molecule has 0 N–H and O–H groups in total. The van der Waals surface area contributed by atoms with Crippen LogP contribution in [-0.4, -0.2) is 34.2 Å². The lowest BCUT2D eigenvalue weighted by Gasteiger charge is -2.18. The minimum atomic E-state index is -0.189. The minimum Gasteiger partial charge on any atom is -0.493 e. The molecule has 2 aliphatic carbocycles. The minimum absolute atomic E-state index is 0.189. The molecule has 0 atom stereocenters. The van der Waals surface area contributed by atoms with Crippen LogP contribution >= 0.6 is 0 Å². The third-order valence-corrected chi connectivity index (χ3v) is 3.81. The molecular formula is C17H16O5. The van der Waals surface area contributed by atoms with E-state index < -0.39 is 0 Å². The van der Waals surface area contributed by atoms with Gasteiger partial charge in [-0.05, 0) is 41.0 Å². The number of carbonyl (C=O) groups is 1. The number of hydrogen-bond acceptors (Lipinski definition) is 5. The van der Waals surface area contributed by atoms with Crippen LogP contribution in [0.15, 0.2) is 35.3 Å². The van der Waals surface area contributed by atoms with Crippen molar-refractivity contribution in [1.29, 1.82) is 0 Å². The Balaban J connectivity index is 2.20. The quantitative estimate of drug-likeness (QED) is 0.855. The van der Waals surface area contributed by atoms with E-state index in [2.05, 4.69) is 0 Å². The monoisotopic (exact) mass is 300 g/mol. The molecule has 0 fully saturated rings. The number of methoxy groups -OCH3 is 4. The van der Waals surface area contributed by atoms with Crippen molar-refractivity contribution in [1.82, 2.24) is 0 Å². The van der Waals surface area contributed by atoms with Gasteiger partial charge >= 0.3 is 0 Å². The van der Waals surface area contributed by atoms with Crippen molar-refractivity contribution in [3.63, 3.8) is 0 Å². The third-order valence-electron chi connectivity index (χ3n) is 3.81. The van der Waals surface area contributed by atoms with E-state index in [-0.39, 0.29) is 11.5 Å². The van der Waals surface area contributed by atoms with E-state index in [9.17, 15) is 4.79 Å². The summed E-state index contributed by atoms with van der Waals surface area (Å²) in [4.78, 5) is 12.6. The molecule has 0 radical (unpaired) electrons. The van der Waals surface area contributed by atoms with Crippen LogP contribution in [0, 0.1) is 0 Å². The average Bonchev–Trinajstić information content (AvgIpc) is 2.91. The maximum Gasteiger partial charge on any atom is 0.232 e. The van der Waals surface area contributed by atoms with E-state index >= 15 is 0 Å². The number of carbonyl (C=O) groups excluding carboxylic acids is 1. The van der Waals surface area contributed by atoms with Gasteiger partial charge in [-0.2, -0.15) is 0 Å². The van der Waals surface area contributed by atoms with Gasteiger partial charge in [0, 0.05) is 5.57 Å². The molecule has 1 aromatic carbocycles. The van der Waals surface area contributed by atoms with E-state index in [1.165, 1.54) is 14.2 Å². The maximum atomic E-state index is 12.6. The smallest absolute Gasteiger partial charge is 0.232 e. The molecular weight excluding hydrogens is 284 g/mol. The summed E-state index contributed by atoms with van der Waals surface area (Å²) in [6, 6.07) is 3.72. The first kappa shape index (κ1) is 14.3. The molecule has 0 amide bonds. The normalized spacial score (nSPS) is 15.7. The molecule has 0 aliphatic heterocycles. The average molecular weight is 300 g/mol. The lowest BCUT2D eigenvalue weighted by Crippen LogP contribution is -2.15. The van der Waals surface area contributed by atoms with E-state index in [0.717, 1.165) is 16.7 Å². The van der Waals surface area contributed by atoms with Gasteiger partial charge in [-0.1, -0.05) is 0 Å². The fourth-order valence-electron chi connectivity index (χ4n) is 2.74. The number of ether oxygens (including phenoxy) is 4. The number of allylic oxidation sites excluding steroid dienone is 3. The van der Waals surface area contributed by atoms with Crippen molar-refractivity contribution in [2.45, 2.75) is 0 Å². The summed E-state index contributed by atoms with van der Waals surface area (Å²) in [7, 11) is 6.13. The highest BCUT2D eigenvalue weighted by atomic mass is 16.5. The Morgan fingerprint density at radius 1 is 0.773 bits per heavy atom. The van der Waals surface area contributed by atoms with Crippen LogP contribution < -0.4 is 9.47 Å². The Labute approximate surface area is 128 Å². The molecule has 0 saturated heterocycles. The molecule has 0 unspecified atom stereocenters. The Kier molecular flexibility index (Phi) is 3.41. The number of fused-ring (bicyclic) bond motifs is 3. The van der Waals surface area contributed by atoms with E-state index in [1.807, 2.05) is 24.3 Å². The van der Waals surface area contributed by atoms with Crippen molar-refractivity contribution in [3.05, 3.63) is 46.4 Å². The second kappa shape index (κ2) is 5.26. The number of rotatable bonds is 4. The molecule has 0 saturated carbocycles. The van der Waals surface area contributed by atoms with Gasteiger partial charge in [0.05, 0.1) is 28.4 Å². The van der Waals surface area contributed by atoms with Gasteiger partial charge < -0.3 is 18.9 Å². The van der Waals surface area contributed by atoms with Gasteiger partial charge in [0.1, 0.15) is 0 Å². The van der Waals surface area contributed by atoms with Crippen LogP contribution in [0.4, 0.5) is 0 Å². The number of hydrogen-bond donors (Lipinski definition) is 0. The fraction of sp³-hybridized carbons (Fsp3) is 0.235. The Bertz CT molecular complexity index is 753. The first-order valence-electron chi connectivity index (χ1n) is 6.71. The highest BCUT2D eigenvalue weighted by Gasteiger charge is 2.34. The Morgan fingerprint density at radius 3 is 2.05 bits per heavy atom. The van der Waals surface area contributed by atoms with Crippen LogP contribution in [0.3, 0.4) is 0 Å². The highest BCUT2D eigenvalue weighted by Crippen LogP contribution is 2.45. The van der Waals surface area contributed by atoms with Crippen molar-refractivity contribution in [2.75, 3.05) is 28.4 Å². The van der Waals surface area contributed by atoms with Gasteiger partial charge in [-0.3, -0.25) is 4.79 Å². The molecule has 0 bridgehead atoms. The number of ketones is 1. The third kappa shape index (κ3) is 1.89. The first-order valence-corrected chi connectivity index (χ1v) is 6.71. The molecule has 5 heteroatoms. The van der Waals surface area contributed by atoms with Gasteiger partial charge in [-0.15, -0.1) is 0 Å². The predicted molar refractivity (Wildman–Crippen MR) is 81.6 cm³/mol. The lowest BCUT2D eigenvalue weighted by atomic mass is 9.94. The molecule has 114 valence electrons. The Hall–Kier alpha value is -2.69. The van der Waals surface area contributed by atoms with E-state index in [0.29, 0.717) is 22.8 Å². The van der Waals surface area contributed by atoms with Crippen molar-refractivity contribution in [3.8, 4) is 11.5 Å². The van der Waals surface area contributed by atoms with Gasteiger partial charge in [-0.25, -0.2) is 0 Å². The maximum absolute atomic E-state index is 12.6. The summed E-state index contributed by atoms with van der Waals surface area (Å²) in [5.74, 6) is 1.68. The summed E-state index contributed by atoms with van der Waals surface area (Å²) in [5, 5.41) is 0. The zero-order valence-corrected chi connectivity index (χ0v) is 12.9. The zero-order chi connectivity index (χ0) is 15.9. The molecule has 22 heavy (non-hydrogen) atoms. The lowest BCUT2D eigenvalue weighted by molar-refractivity contribution is -0.115. The molecule has 0 aromatic heterocycles. The summed E-state index contributed by atoms with van der Waals surface area (Å²) in [6.45, 7) is 0. The number of Topliss-reactive ketones (excluding diaryl/α,β-unsaturated/α-hetero) is 1. The van der Waals surface area contributed by atoms with Crippen molar-refractivity contribution < 1.29 is 23.7 Å². The molecule has 5 nitrogen and oxygen atoms in total. The van der Waals surface area contributed by atoms with Gasteiger partial charge in [0.15, 0.2) is 17.3 Å². The molecule has 2 aliphatic rings. The summed E-state index contributed by atoms with van der Waals surface area (Å²) in [6.07, 6.45) is 3.64. The van der Waals surface area contributed by atoms with Gasteiger partial charge in [0.2, 0.25) is 11.5 Å². The van der Waals surface area contributed by atoms with Crippen LogP contribution in [0.2, 0.25) is 0 Å². The zero-order valence-electron chi connectivity index (χ0n) is 12.9. The fourth-order valence-corrected chi connectivity index (χ4v) is 2.74. The van der Waals surface area contributed by atoms with E-state index in [4.69, 9.17) is 18.9 Å². The predicted octanol–water partition coefficient (Wildman–Crippen LogP) is 2.57. The number of benzene rings is 1. The highest BCUT2D eigenvalue weighted by molar-refractivity contribution is 6.25. The largest absolute Gasteiger partial charge is 0.493 e. The Morgan fingerprint density at radius 2 is 1.45 bits per heavy atom. The summed E-state index contributed by atoms with van der Waals surface area (Å²) >= 11 is 0. The second-order valence-corrected chi connectivity index (χ2v) is 4.84. The van der Waals surface area contributed by atoms with Crippen molar-refractivity contribution in [2.24, 2.45) is 0 Å². The SMILES string of the molecule is COC1=C(OC)C(=O)C2=Cc3cc(OC)c(OC)cc3C2=C1. The van der Waals surface area contributed by atoms with Crippen molar-refractivity contribution >= 4 is 17.4 Å². The summed E-state index contributed by atoms with van der Waals surface area (Å²) < 4.78 is 21.1. The second-order valence-electron chi connectivity index (χ2n) is 4.84. The first-order chi connectivity index (χ1) is 10.6. The van der Waals surface area contributed by atoms with E-state index in [1.54, 1.807) is 14.2 Å². The molecule has 3 rings (SSSR count). The van der Waals surface area contributed by atoms with Crippen LogP contribution in [0.5, 0.6) is 11.5 Å².